The molecule has 118 valence electrons. The van der Waals surface area contributed by atoms with Gasteiger partial charge in [0.05, 0.1) is 17.2 Å². The Morgan fingerprint density at radius 1 is 1.43 bits per heavy atom. The number of rotatable bonds is 8. The fraction of sp³-hybridized carbons (Fsp3) is 0.500. The highest BCUT2D eigenvalue weighted by molar-refractivity contribution is 7.89. The van der Waals surface area contributed by atoms with Crippen molar-refractivity contribution in [3.8, 4) is 0 Å². The van der Waals surface area contributed by atoms with Gasteiger partial charge in [0.15, 0.2) is 0 Å². The Morgan fingerprint density at radius 2 is 2.10 bits per heavy atom. The van der Waals surface area contributed by atoms with Crippen LogP contribution in [0, 0.1) is 10.1 Å². The molecule has 0 radical (unpaired) electrons. The van der Waals surface area contributed by atoms with Crippen LogP contribution in [0.2, 0.25) is 0 Å². The van der Waals surface area contributed by atoms with Crippen molar-refractivity contribution in [3.05, 3.63) is 28.3 Å². The molecule has 0 aliphatic rings. The van der Waals surface area contributed by atoms with E-state index in [-0.39, 0.29) is 22.9 Å². The number of hydrogen-bond donors (Lipinski definition) is 2. The van der Waals surface area contributed by atoms with Crippen molar-refractivity contribution < 1.29 is 18.1 Å². The van der Waals surface area contributed by atoms with Gasteiger partial charge in [-0.1, -0.05) is 0 Å². The first-order valence-corrected chi connectivity index (χ1v) is 7.86. The number of non-ortho nitro benzene ring substituents is 1. The van der Waals surface area contributed by atoms with Crippen LogP contribution in [0.5, 0.6) is 0 Å². The van der Waals surface area contributed by atoms with Gasteiger partial charge in [-0.25, -0.2) is 13.1 Å². The molecule has 0 aliphatic carbocycles. The molecule has 0 fully saturated rings. The van der Waals surface area contributed by atoms with E-state index in [1.165, 1.54) is 12.1 Å². The van der Waals surface area contributed by atoms with E-state index in [0.29, 0.717) is 6.61 Å². The van der Waals surface area contributed by atoms with Crippen LogP contribution in [0.3, 0.4) is 0 Å². The molecule has 0 aromatic heterocycles. The molecule has 21 heavy (non-hydrogen) atoms. The maximum absolute atomic E-state index is 12.3. The van der Waals surface area contributed by atoms with Gasteiger partial charge in [0.1, 0.15) is 4.90 Å². The highest BCUT2D eigenvalue weighted by atomic mass is 32.2. The molecular weight excluding hydrogens is 298 g/mol. The van der Waals surface area contributed by atoms with Crippen LogP contribution >= 0.6 is 0 Å². The quantitative estimate of drug-likeness (QED) is 0.553. The summed E-state index contributed by atoms with van der Waals surface area (Å²) in [6, 6.07) is 3.19. The Kier molecular flexibility index (Phi) is 6.06. The van der Waals surface area contributed by atoms with Crippen molar-refractivity contribution in [1.82, 2.24) is 4.72 Å². The second-order valence-electron chi connectivity index (χ2n) is 4.37. The molecule has 2 N–H and O–H groups in total. The fourth-order valence-electron chi connectivity index (χ4n) is 1.71. The smallest absolute Gasteiger partial charge is 0.270 e. The predicted molar refractivity (Wildman–Crippen MR) is 78.9 cm³/mol. The molecule has 0 amide bonds. The van der Waals surface area contributed by atoms with Crippen molar-refractivity contribution in [2.24, 2.45) is 0 Å². The minimum atomic E-state index is -3.89. The topological polar surface area (TPSA) is 111 Å². The van der Waals surface area contributed by atoms with E-state index >= 15 is 0 Å². The maximum Gasteiger partial charge on any atom is 0.270 e. The van der Waals surface area contributed by atoms with E-state index in [4.69, 9.17) is 4.74 Å². The lowest BCUT2D eigenvalue weighted by Crippen LogP contribution is -2.36. The third-order valence-electron chi connectivity index (χ3n) is 2.66. The third-order valence-corrected chi connectivity index (χ3v) is 4.29. The largest absolute Gasteiger partial charge is 0.387 e. The molecule has 1 aromatic rings. The number of nitro benzene ring substituents is 1. The monoisotopic (exact) mass is 317 g/mol. The molecule has 0 spiro atoms. The molecule has 0 saturated carbocycles. The number of ether oxygens (including phenoxy) is 1. The van der Waals surface area contributed by atoms with Crippen LogP contribution < -0.4 is 10.0 Å². The Balaban J connectivity index is 3.11. The second kappa shape index (κ2) is 7.34. The van der Waals surface area contributed by atoms with Gasteiger partial charge >= 0.3 is 0 Å². The van der Waals surface area contributed by atoms with Crippen molar-refractivity contribution in [2.75, 3.05) is 25.6 Å². The molecule has 1 rings (SSSR count). The Bertz CT molecular complexity index is 603. The average Bonchev–Trinajstić information content (AvgIpc) is 2.43. The summed E-state index contributed by atoms with van der Waals surface area (Å²) >= 11 is 0. The van der Waals surface area contributed by atoms with Gasteiger partial charge in [0.2, 0.25) is 10.0 Å². The average molecular weight is 317 g/mol. The van der Waals surface area contributed by atoms with Crippen LogP contribution in [0.4, 0.5) is 11.4 Å². The van der Waals surface area contributed by atoms with Gasteiger partial charge in [-0.2, -0.15) is 0 Å². The van der Waals surface area contributed by atoms with Crippen LogP contribution in [0.25, 0.3) is 0 Å². The van der Waals surface area contributed by atoms with Crippen LogP contribution in [0.15, 0.2) is 23.1 Å². The van der Waals surface area contributed by atoms with Crippen molar-refractivity contribution in [1.29, 1.82) is 0 Å². The highest BCUT2D eigenvalue weighted by Crippen LogP contribution is 2.26. The lowest BCUT2D eigenvalue weighted by molar-refractivity contribution is -0.385. The van der Waals surface area contributed by atoms with E-state index in [1.807, 2.05) is 0 Å². The van der Waals surface area contributed by atoms with E-state index in [9.17, 15) is 18.5 Å². The van der Waals surface area contributed by atoms with Crippen LogP contribution in [-0.4, -0.2) is 39.6 Å². The Morgan fingerprint density at radius 3 is 2.62 bits per heavy atom. The Labute approximate surface area is 123 Å². The van der Waals surface area contributed by atoms with Gasteiger partial charge in [0, 0.05) is 31.8 Å². The molecule has 0 heterocycles. The van der Waals surface area contributed by atoms with E-state index in [0.717, 1.165) is 6.07 Å². The molecule has 8 nitrogen and oxygen atoms in total. The van der Waals surface area contributed by atoms with Gasteiger partial charge in [0.25, 0.3) is 5.69 Å². The first kappa shape index (κ1) is 17.3. The van der Waals surface area contributed by atoms with Gasteiger partial charge in [-0.3, -0.25) is 10.1 Å². The number of hydrogen-bond acceptors (Lipinski definition) is 6. The predicted octanol–water partition coefficient (Wildman–Crippen LogP) is 1.34. The third kappa shape index (κ3) is 4.66. The zero-order valence-corrected chi connectivity index (χ0v) is 12.9. The lowest BCUT2D eigenvalue weighted by atomic mass is 10.3. The number of benzene rings is 1. The van der Waals surface area contributed by atoms with Gasteiger partial charge < -0.3 is 10.1 Å². The number of nitro groups is 1. The van der Waals surface area contributed by atoms with Crippen LogP contribution in [0.1, 0.15) is 13.8 Å². The SMILES string of the molecule is CCOCC(C)NS(=O)(=O)c1cc([N+](=O)[O-])ccc1NC. The normalized spacial score (nSPS) is 12.9. The summed E-state index contributed by atoms with van der Waals surface area (Å²) in [4.78, 5) is 9.99. The van der Waals surface area contributed by atoms with E-state index in [2.05, 4.69) is 10.0 Å². The summed E-state index contributed by atoms with van der Waals surface area (Å²) in [5, 5.41) is 13.5. The first-order valence-electron chi connectivity index (χ1n) is 6.38. The molecule has 9 heteroatoms. The van der Waals surface area contributed by atoms with Crippen molar-refractivity contribution >= 4 is 21.4 Å². The molecule has 0 bridgehead atoms. The zero-order valence-electron chi connectivity index (χ0n) is 12.1. The Hall–Kier alpha value is -1.71. The first-order chi connectivity index (χ1) is 9.81. The molecule has 0 saturated heterocycles. The number of nitrogens with zero attached hydrogens (tertiary/aromatic N) is 1. The maximum atomic E-state index is 12.3. The summed E-state index contributed by atoms with van der Waals surface area (Å²) < 4.78 is 32.2. The molecule has 1 unspecified atom stereocenters. The van der Waals surface area contributed by atoms with Crippen molar-refractivity contribution in [3.63, 3.8) is 0 Å². The number of anilines is 1. The van der Waals surface area contributed by atoms with Gasteiger partial charge in [-0.05, 0) is 19.9 Å². The molecular formula is C12H19N3O5S. The summed E-state index contributed by atoms with van der Waals surface area (Å²) in [6.07, 6.45) is 0. The summed E-state index contributed by atoms with van der Waals surface area (Å²) in [6.45, 7) is 4.16. The molecule has 1 aromatic carbocycles. The van der Waals surface area contributed by atoms with E-state index < -0.39 is 21.0 Å². The minimum absolute atomic E-state index is 0.164. The summed E-state index contributed by atoms with van der Waals surface area (Å²) in [5.74, 6) is 0. The highest BCUT2D eigenvalue weighted by Gasteiger charge is 2.23. The standard InChI is InChI=1S/C12H19N3O5S/c1-4-20-8-9(2)14-21(18,19)12-7-10(15(16)17)5-6-11(12)13-3/h5-7,9,13-14H,4,8H2,1-3H3. The van der Waals surface area contributed by atoms with Gasteiger partial charge in [-0.15, -0.1) is 0 Å². The number of sulfonamides is 1. The summed E-state index contributed by atoms with van der Waals surface area (Å²) in [7, 11) is -2.34. The van der Waals surface area contributed by atoms with Crippen LogP contribution in [-0.2, 0) is 14.8 Å². The minimum Gasteiger partial charge on any atom is -0.387 e. The lowest BCUT2D eigenvalue weighted by Gasteiger charge is -2.16. The van der Waals surface area contributed by atoms with E-state index in [1.54, 1.807) is 20.9 Å². The molecule has 1 atom stereocenters. The fourth-order valence-corrected chi connectivity index (χ4v) is 3.17. The zero-order chi connectivity index (χ0) is 16.0. The summed E-state index contributed by atoms with van der Waals surface area (Å²) in [5.41, 5.74) is 0.00328. The van der Waals surface area contributed by atoms with Crippen molar-refractivity contribution in [2.45, 2.75) is 24.8 Å². The second-order valence-corrected chi connectivity index (χ2v) is 6.05. The number of nitrogens with one attached hydrogen (secondary N) is 2. The molecule has 0 aliphatic heterocycles.